The molecule has 116 valence electrons. The summed E-state index contributed by atoms with van der Waals surface area (Å²) in [7, 11) is 0. The molecule has 0 unspecified atom stereocenters. The number of anilines is 1. The van der Waals surface area contributed by atoms with Crippen molar-refractivity contribution in [1.82, 2.24) is 4.98 Å². The van der Waals surface area contributed by atoms with Crippen LogP contribution in [0.25, 0.3) is 22.2 Å². The fourth-order valence-corrected chi connectivity index (χ4v) is 3.17. The molecule has 0 fully saturated rings. The maximum Gasteiger partial charge on any atom is 0.265 e. The first-order chi connectivity index (χ1) is 11.8. The molecule has 3 nitrogen and oxygen atoms in total. The molecule has 0 saturated heterocycles. The van der Waals surface area contributed by atoms with Crippen LogP contribution >= 0.6 is 11.3 Å². The summed E-state index contributed by atoms with van der Waals surface area (Å²) < 4.78 is 0. The first kappa shape index (κ1) is 14.6. The summed E-state index contributed by atoms with van der Waals surface area (Å²) in [6.07, 6.45) is 0. The number of nitrogens with one attached hydrogen (secondary N) is 1. The second kappa shape index (κ2) is 6.26. The molecule has 2 aromatic carbocycles. The highest BCUT2D eigenvalue weighted by atomic mass is 32.1. The zero-order chi connectivity index (χ0) is 16.4. The molecule has 1 N–H and O–H groups in total. The second-order valence-electron chi connectivity index (χ2n) is 5.40. The van der Waals surface area contributed by atoms with Gasteiger partial charge in [-0.15, -0.1) is 11.3 Å². The van der Waals surface area contributed by atoms with Gasteiger partial charge in [0.05, 0.1) is 16.1 Å². The van der Waals surface area contributed by atoms with E-state index in [1.165, 1.54) is 11.3 Å². The number of amides is 1. The quantitative estimate of drug-likeness (QED) is 0.560. The zero-order valence-corrected chi connectivity index (χ0v) is 13.6. The van der Waals surface area contributed by atoms with E-state index in [1.807, 2.05) is 66.0 Å². The third-order valence-corrected chi connectivity index (χ3v) is 4.65. The van der Waals surface area contributed by atoms with E-state index in [0.29, 0.717) is 4.88 Å². The van der Waals surface area contributed by atoms with E-state index >= 15 is 0 Å². The molecule has 0 radical (unpaired) electrons. The molecule has 24 heavy (non-hydrogen) atoms. The molecule has 0 saturated carbocycles. The number of para-hydroxylation sites is 1. The van der Waals surface area contributed by atoms with Gasteiger partial charge in [-0.3, -0.25) is 4.79 Å². The first-order valence-corrected chi connectivity index (χ1v) is 8.49. The van der Waals surface area contributed by atoms with Gasteiger partial charge in [0.25, 0.3) is 5.91 Å². The van der Waals surface area contributed by atoms with E-state index in [-0.39, 0.29) is 5.91 Å². The number of benzene rings is 2. The summed E-state index contributed by atoms with van der Waals surface area (Å²) in [6, 6.07) is 23.6. The predicted octanol–water partition coefficient (Wildman–Crippen LogP) is 5.22. The lowest BCUT2D eigenvalue weighted by Crippen LogP contribution is -2.09. The molecule has 2 aromatic heterocycles. The molecule has 4 aromatic rings. The number of nitrogens with zero attached hydrogens (tertiary/aromatic N) is 1. The van der Waals surface area contributed by atoms with Gasteiger partial charge in [-0.1, -0.05) is 42.5 Å². The highest BCUT2D eigenvalue weighted by Gasteiger charge is 2.07. The summed E-state index contributed by atoms with van der Waals surface area (Å²) in [4.78, 5) is 17.5. The van der Waals surface area contributed by atoms with Crippen molar-refractivity contribution in [2.45, 2.75) is 0 Å². The molecule has 4 rings (SSSR count). The molecule has 0 aliphatic carbocycles. The summed E-state index contributed by atoms with van der Waals surface area (Å²) in [5, 5.41) is 5.92. The predicted molar refractivity (Wildman–Crippen MR) is 99.5 cm³/mol. The molecular formula is C20H14N2OS. The van der Waals surface area contributed by atoms with E-state index in [4.69, 9.17) is 4.98 Å². The van der Waals surface area contributed by atoms with Gasteiger partial charge >= 0.3 is 0 Å². The summed E-state index contributed by atoms with van der Waals surface area (Å²) in [5.74, 6) is -0.0819. The van der Waals surface area contributed by atoms with Gasteiger partial charge in [0.2, 0.25) is 0 Å². The number of carbonyl (C=O) groups excluding carboxylic acids is 1. The van der Waals surface area contributed by atoms with Gasteiger partial charge < -0.3 is 5.32 Å². The molecule has 0 aliphatic heterocycles. The highest BCUT2D eigenvalue weighted by molar-refractivity contribution is 7.12. The van der Waals surface area contributed by atoms with Gasteiger partial charge in [-0.05, 0) is 35.7 Å². The van der Waals surface area contributed by atoms with Crippen molar-refractivity contribution in [3.63, 3.8) is 0 Å². The zero-order valence-electron chi connectivity index (χ0n) is 12.8. The van der Waals surface area contributed by atoms with Crippen LogP contribution < -0.4 is 5.32 Å². The standard InChI is InChI=1S/C20H14N2OS/c23-20(19-6-3-13-24-19)21-16-10-7-15(8-11-16)18-12-9-14-4-1-2-5-17(14)22-18/h1-13H,(H,21,23). The van der Waals surface area contributed by atoms with Crippen molar-refractivity contribution in [2.24, 2.45) is 0 Å². The summed E-state index contributed by atoms with van der Waals surface area (Å²) in [5.41, 5.74) is 3.70. The Morgan fingerprint density at radius 2 is 1.71 bits per heavy atom. The minimum absolute atomic E-state index is 0.0819. The van der Waals surface area contributed by atoms with Crippen molar-refractivity contribution in [3.8, 4) is 11.3 Å². The summed E-state index contributed by atoms with van der Waals surface area (Å²) in [6.45, 7) is 0. The van der Waals surface area contributed by atoms with Crippen LogP contribution in [0.5, 0.6) is 0 Å². The average molecular weight is 330 g/mol. The van der Waals surface area contributed by atoms with Crippen LogP contribution in [0.2, 0.25) is 0 Å². The molecule has 0 aliphatic rings. The van der Waals surface area contributed by atoms with Crippen molar-refractivity contribution >= 4 is 33.8 Å². The Morgan fingerprint density at radius 1 is 0.875 bits per heavy atom. The van der Waals surface area contributed by atoms with Gasteiger partial charge in [-0.25, -0.2) is 4.98 Å². The Labute approximate surface area is 143 Å². The van der Waals surface area contributed by atoms with Gasteiger partial charge in [0, 0.05) is 16.6 Å². The maximum atomic E-state index is 12.1. The van der Waals surface area contributed by atoms with Crippen molar-refractivity contribution in [3.05, 3.63) is 83.1 Å². The van der Waals surface area contributed by atoms with E-state index in [1.54, 1.807) is 0 Å². The monoisotopic (exact) mass is 330 g/mol. The van der Waals surface area contributed by atoms with Crippen molar-refractivity contribution in [1.29, 1.82) is 0 Å². The number of carbonyl (C=O) groups is 1. The Kier molecular flexibility index (Phi) is 3.81. The van der Waals surface area contributed by atoms with E-state index in [2.05, 4.69) is 17.4 Å². The third kappa shape index (κ3) is 2.92. The number of rotatable bonds is 3. The second-order valence-corrected chi connectivity index (χ2v) is 6.35. The molecule has 4 heteroatoms. The Morgan fingerprint density at radius 3 is 2.50 bits per heavy atom. The normalized spacial score (nSPS) is 10.7. The van der Waals surface area contributed by atoms with Gasteiger partial charge in [0.1, 0.15) is 0 Å². The molecule has 0 atom stereocenters. The fraction of sp³-hybridized carbons (Fsp3) is 0. The van der Waals surface area contributed by atoms with E-state index in [0.717, 1.165) is 27.8 Å². The molecule has 0 spiro atoms. The topological polar surface area (TPSA) is 42.0 Å². The van der Waals surface area contributed by atoms with Crippen LogP contribution in [-0.2, 0) is 0 Å². The Balaban J connectivity index is 1.57. The Hall–Kier alpha value is -2.98. The van der Waals surface area contributed by atoms with Crippen LogP contribution in [0.1, 0.15) is 9.67 Å². The number of hydrogen-bond acceptors (Lipinski definition) is 3. The van der Waals surface area contributed by atoms with Crippen LogP contribution in [0.15, 0.2) is 78.2 Å². The highest BCUT2D eigenvalue weighted by Crippen LogP contribution is 2.23. The lowest BCUT2D eigenvalue weighted by Gasteiger charge is -2.06. The molecular weight excluding hydrogens is 316 g/mol. The number of fused-ring (bicyclic) bond motifs is 1. The first-order valence-electron chi connectivity index (χ1n) is 7.61. The van der Waals surface area contributed by atoms with Crippen molar-refractivity contribution < 1.29 is 4.79 Å². The van der Waals surface area contributed by atoms with Crippen LogP contribution in [0, 0.1) is 0 Å². The molecule has 2 heterocycles. The smallest absolute Gasteiger partial charge is 0.265 e. The minimum atomic E-state index is -0.0819. The average Bonchev–Trinajstić information content (AvgIpc) is 3.17. The van der Waals surface area contributed by atoms with E-state index in [9.17, 15) is 4.79 Å². The van der Waals surface area contributed by atoms with Gasteiger partial charge in [0.15, 0.2) is 0 Å². The minimum Gasteiger partial charge on any atom is -0.321 e. The largest absolute Gasteiger partial charge is 0.321 e. The van der Waals surface area contributed by atoms with E-state index < -0.39 is 0 Å². The fourth-order valence-electron chi connectivity index (χ4n) is 2.55. The number of pyridine rings is 1. The lowest BCUT2D eigenvalue weighted by atomic mass is 10.1. The maximum absolute atomic E-state index is 12.1. The summed E-state index contributed by atoms with van der Waals surface area (Å²) >= 11 is 1.43. The number of thiophene rings is 1. The Bertz CT molecular complexity index is 992. The van der Waals surface area contributed by atoms with Crippen molar-refractivity contribution in [2.75, 3.05) is 5.32 Å². The number of hydrogen-bond donors (Lipinski definition) is 1. The lowest BCUT2D eigenvalue weighted by molar-refractivity contribution is 0.103. The molecule has 1 amide bonds. The van der Waals surface area contributed by atoms with Crippen LogP contribution in [0.3, 0.4) is 0 Å². The third-order valence-electron chi connectivity index (χ3n) is 3.78. The number of aromatic nitrogens is 1. The van der Waals surface area contributed by atoms with Crippen LogP contribution in [-0.4, -0.2) is 10.9 Å². The van der Waals surface area contributed by atoms with Gasteiger partial charge in [-0.2, -0.15) is 0 Å². The van der Waals surface area contributed by atoms with Crippen LogP contribution in [0.4, 0.5) is 5.69 Å². The SMILES string of the molecule is O=C(Nc1ccc(-c2ccc3ccccc3n2)cc1)c1cccs1. The molecule has 0 bridgehead atoms.